The summed E-state index contributed by atoms with van der Waals surface area (Å²) in [6, 6.07) is 13.9. The summed E-state index contributed by atoms with van der Waals surface area (Å²) in [6.07, 6.45) is 3.28. The third-order valence-corrected chi connectivity index (χ3v) is 6.38. The number of benzene rings is 2. The molecule has 25 heavy (non-hydrogen) atoms. The van der Waals surface area contributed by atoms with Gasteiger partial charge in [-0.1, -0.05) is 57.2 Å². The molecule has 0 aliphatic heterocycles. The van der Waals surface area contributed by atoms with Crippen molar-refractivity contribution in [2.45, 2.75) is 64.5 Å². The van der Waals surface area contributed by atoms with Crippen LogP contribution in [0.5, 0.6) is 0 Å². The fourth-order valence-corrected chi connectivity index (χ4v) is 3.81. The lowest BCUT2D eigenvalue weighted by Gasteiger charge is -2.29. The minimum absolute atomic E-state index is 0.0207. The molecule has 2 rings (SSSR count). The third-order valence-electron chi connectivity index (χ3n) is 5.42. The van der Waals surface area contributed by atoms with Crippen LogP contribution in [-0.2, 0) is 11.8 Å². The summed E-state index contributed by atoms with van der Waals surface area (Å²) in [4.78, 5) is 0. The van der Waals surface area contributed by atoms with Crippen LogP contribution in [0.2, 0.25) is 0 Å². The molecule has 136 valence electrons. The van der Waals surface area contributed by atoms with Gasteiger partial charge in [0.15, 0.2) is 0 Å². The van der Waals surface area contributed by atoms with Crippen LogP contribution in [0.1, 0.15) is 72.2 Å². The van der Waals surface area contributed by atoms with Crippen LogP contribution in [0.25, 0.3) is 0 Å². The van der Waals surface area contributed by atoms with Crippen molar-refractivity contribution in [2.24, 2.45) is 0 Å². The third kappa shape index (κ3) is 4.65. The van der Waals surface area contributed by atoms with Crippen molar-refractivity contribution in [2.75, 3.05) is 5.75 Å². The van der Waals surface area contributed by atoms with Crippen LogP contribution >= 0.6 is 25.3 Å². The number of aryl methyl sites for hydroxylation is 3. The Balaban J connectivity index is 2.44. The first-order chi connectivity index (χ1) is 11.8. The summed E-state index contributed by atoms with van der Waals surface area (Å²) in [5, 5.41) is 0.305. The number of hydrogen-bond donors (Lipinski definition) is 2. The maximum atomic E-state index is 4.78. The molecule has 2 aromatic rings. The average molecular weight is 373 g/mol. The first-order valence-electron chi connectivity index (χ1n) is 9.31. The largest absolute Gasteiger partial charge is 0.179 e. The lowest BCUT2D eigenvalue weighted by molar-refractivity contribution is 0.637. The minimum Gasteiger partial charge on any atom is -0.179 e. The van der Waals surface area contributed by atoms with Crippen molar-refractivity contribution < 1.29 is 0 Å². The van der Waals surface area contributed by atoms with Gasteiger partial charge in [-0.3, -0.25) is 0 Å². The molecule has 0 aliphatic carbocycles. The fraction of sp³-hybridized carbons (Fsp3) is 0.478. The summed E-state index contributed by atoms with van der Waals surface area (Å²) in [5.41, 5.74) is 8.25. The Kier molecular flexibility index (Phi) is 7.10. The highest BCUT2D eigenvalue weighted by Crippen LogP contribution is 2.36. The summed E-state index contributed by atoms with van der Waals surface area (Å²) in [6.45, 7) is 11.2. The zero-order chi connectivity index (χ0) is 18.6. The van der Waals surface area contributed by atoms with Gasteiger partial charge in [0.1, 0.15) is 0 Å². The Morgan fingerprint density at radius 2 is 1.56 bits per heavy atom. The Bertz CT molecular complexity index is 716. The second-order valence-electron chi connectivity index (χ2n) is 7.59. The Hall–Kier alpha value is -0.860. The Morgan fingerprint density at radius 3 is 2.16 bits per heavy atom. The van der Waals surface area contributed by atoms with E-state index in [4.69, 9.17) is 12.6 Å². The smallest absolute Gasteiger partial charge is 0.0267 e. The van der Waals surface area contributed by atoms with Gasteiger partial charge < -0.3 is 0 Å². The Morgan fingerprint density at radius 1 is 0.960 bits per heavy atom. The molecule has 0 saturated carbocycles. The van der Waals surface area contributed by atoms with Crippen LogP contribution in [0.3, 0.4) is 0 Å². The van der Waals surface area contributed by atoms with E-state index in [0.717, 1.165) is 25.0 Å². The maximum absolute atomic E-state index is 4.78. The summed E-state index contributed by atoms with van der Waals surface area (Å²) in [5.74, 6) is 0.939. The predicted molar refractivity (Wildman–Crippen MR) is 119 cm³/mol. The number of thiol groups is 2. The van der Waals surface area contributed by atoms with Gasteiger partial charge in [-0.05, 0) is 72.2 Å². The molecule has 0 N–H and O–H groups in total. The summed E-state index contributed by atoms with van der Waals surface area (Å²) >= 11 is 9.15. The van der Waals surface area contributed by atoms with E-state index in [1.165, 1.54) is 33.4 Å². The van der Waals surface area contributed by atoms with Gasteiger partial charge in [-0.25, -0.2) is 0 Å². The highest BCUT2D eigenvalue weighted by atomic mass is 32.1. The molecule has 0 fully saturated rings. The zero-order valence-corrected chi connectivity index (χ0v) is 18.1. The van der Waals surface area contributed by atoms with Gasteiger partial charge in [-0.15, -0.1) is 0 Å². The lowest BCUT2D eigenvalue weighted by atomic mass is 9.76. The highest BCUT2D eigenvalue weighted by molar-refractivity contribution is 7.80. The fourth-order valence-electron chi connectivity index (χ4n) is 3.37. The van der Waals surface area contributed by atoms with Gasteiger partial charge in [0.25, 0.3) is 0 Å². The van der Waals surface area contributed by atoms with Crippen molar-refractivity contribution in [1.82, 2.24) is 0 Å². The van der Waals surface area contributed by atoms with Crippen LogP contribution in [-0.4, -0.2) is 5.75 Å². The van der Waals surface area contributed by atoms with E-state index in [9.17, 15) is 0 Å². The highest BCUT2D eigenvalue weighted by Gasteiger charge is 2.25. The second kappa shape index (κ2) is 8.68. The monoisotopic (exact) mass is 372 g/mol. The maximum Gasteiger partial charge on any atom is 0.0267 e. The molecule has 1 unspecified atom stereocenters. The van der Waals surface area contributed by atoms with Crippen molar-refractivity contribution >= 4 is 25.3 Å². The normalized spacial score (nSPS) is 13.1. The molecule has 0 nitrogen and oxygen atoms in total. The lowest BCUT2D eigenvalue weighted by Crippen LogP contribution is -2.20. The van der Waals surface area contributed by atoms with Crippen LogP contribution in [0, 0.1) is 13.8 Å². The van der Waals surface area contributed by atoms with Crippen LogP contribution < -0.4 is 0 Å². The van der Waals surface area contributed by atoms with Crippen molar-refractivity contribution in [3.8, 4) is 0 Å². The second-order valence-corrected chi connectivity index (χ2v) is 8.66. The molecule has 0 aromatic heterocycles. The van der Waals surface area contributed by atoms with E-state index < -0.39 is 0 Å². The molecule has 0 spiro atoms. The first kappa shape index (κ1) is 20.5. The van der Waals surface area contributed by atoms with E-state index in [0.29, 0.717) is 5.25 Å². The molecular formula is C23H32S2. The molecule has 0 radical (unpaired) electrons. The van der Waals surface area contributed by atoms with Crippen LogP contribution in [0.15, 0.2) is 36.4 Å². The van der Waals surface area contributed by atoms with Crippen molar-refractivity contribution in [1.29, 1.82) is 0 Å². The number of rotatable bonds is 7. The minimum atomic E-state index is -0.0207. The molecule has 0 bridgehead atoms. The molecule has 2 heteroatoms. The van der Waals surface area contributed by atoms with E-state index in [1.807, 2.05) is 0 Å². The zero-order valence-electron chi connectivity index (χ0n) is 16.3. The molecule has 1 atom stereocenters. The quantitative estimate of drug-likeness (QED) is 0.487. The molecule has 0 amide bonds. The van der Waals surface area contributed by atoms with Crippen LogP contribution in [0.4, 0.5) is 0 Å². The van der Waals surface area contributed by atoms with E-state index in [1.54, 1.807) is 0 Å². The standard InChI is InChI=1S/C23H32S2/c1-6-22(25)21-15-20(12-10-17(21)3)23(4,5)19-11-9-16(2)18(14-19)8-7-13-24/h9-12,14-15,22,24-25H,6-8,13H2,1-5H3. The van der Waals surface area contributed by atoms with E-state index in [2.05, 4.69) is 83.6 Å². The van der Waals surface area contributed by atoms with Crippen molar-refractivity contribution in [3.05, 3.63) is 69.8 Å². The summed E-state index contributed by atoms with van der Waals surface area (Å²) in [7, 11) is 0. The molecule has 2 aromatic carbocycles. The van der Waals surface area contributed by atoms with Gasteiger partial charge in [-0.2, -0.15) is 25.3 Å². The molecule has 0 heterocycles. The Labute approximate surface area is 165 Å². The first-order valence-corrected chi connectivity index (χ1v) is 10.5. The number of hydrogen-bond acceptors (Lipinski definition) is 2. The molecule has 0 aliphatic rings. The summed E-state index contributed by atoms with van der Waals surface area (Å²) < 4.78 is 0. The van der Waals surface area contributed by atoms with E-state index >= 15 is 0 Å². The van der Waals surface area contributed by atoms with Gasteiger partial charge >= 0.3 is 0 Å². The van der Waals surface area contributed by atoms with Gasteiger partial charge in [0.05, 0.1) is 0 Å². The van der Waals surface area contributed by atoms with E-state index in [-0.39, 0.29) is 5.41 Å². The topological polar surface area (TPSA) is 0 Å². The van der Waals surface area contributed by atoms with Gasteiger partial charge in [0.2, 0.25) is 0 Å². The van der Waals surface area contributed by atoms with Crippen molar-refractivity contribution in [3.63, 3.8) is 0 Å². The molecule has 0 saturated heterocycles. The van der Waals surface area contributed by atoms with Gasteiger partial charge in [0, 0.05) is 10.7 Å². The predicted octanol–water partition coefficient (Wildman–Crippen LogP) is 6.87. The molecular weight excluding hydrogens is 340 g/mol. The SMILES string of the molecule is CCC(S)c1cc(C(C)(C)c2ccc(C)c(CCCS)c2)ccc1C. The average Bonchev–Trinajstić information content (AvgIpc) is 2.60.